The van der Waals surface area contributed by atoms with E-state index >= 15 is 0 Å². The lowest BCUT2D eigenvalue weighted by Crippen LogP contribution is -2.09. The summed E-state index contributed by atoms with van der Waals surface area (Å²) in [6.07, 6.45) is 3.08. The van der Waals surface area contributed by atoms with Gasteiger partial charge >= 0.3 is 5.97 Å². The molecule has 0 radical (unpaired) electrons. The van der Waals surface area contributed by atoms with E-state index in [0.29, 0.717) is 12.2 Å². The number of carboxylic acid groups (broad SMARTS) is 1. The minimum Gasteiger partial charge on any atom is -0.480 e. The first kappa shape index (κ1) is 13.0. The van der Waals surface area contributed by atoms with Crippen LogP contribution in [0, 0.1) is 6.92 Å². The highest BCUT2D eigenvalue weighted by Crippen LogP contribution is 2.13. The van der Waals surface area contributed by atoms with E-state index in [9.17, 15) is 4.79 Å². The minimum atomic E-state index is -0.956. The number of hydrogen-bond donors (Lipinski definition) is 2. The number of anilines is 1. The number of aliphatic carboxylic acids is 1. The van der Waals surface area contributed by atoms with E-state index in [1.54, 1.807) is 10.7 Å². The van der Waals surface area contributed by atoms with E-state index in [1.165, 1.54) is 11.0 Å². The first-order valence-electron chi connectivity index (χ1n) is 6.27. The Morgan fingerprint density at radius 3 is 3.10 bits per heavy atom. The van der Waals surface area contributed by atoms with Crippen LogP contribution in [-0.4, -0.2) is 40.7 Å². The number of fused-ring (bicyclic) bond motifs is 1. The lowest BCUT2D eigenvalue weighted by Gasteiger charge is -2.07. The molecule has 0 aliphatic carbocycles. The van der Waals surface area contributed by atoms with Gasteiger partial charge in [0.15, 0.2) is 5.65 Å². The lowest BCUT2D eigenvalue weighted by molar-refractivity contribution is -0.137. The number of carboxylic acids is 1. The van der Waals surface area contributed by atoms with Gasteiger partial charge in [-0.3, -0.25) is 4.79 Å². The van der Waals surface area contributed by atoms with Gasteiger partial charge < -0.3 is 10.4 Å². The average molecular weight is 287 g/mol. The zero-order valence-corrected chi connectivity index (χ0v) is 11.3. The summed E-state index contributed by atoms with van der Waals surface area (Å²) in [4.78, 5) is 14.7. The highest BCUT2D eigenvalue weighted by Gasteiger charge is 2.07. The maximum absolute atomic E-state index is 10.6. The van der Waals surface area contributed by atoms with E-state index < -0.39 is 5.97 Å². The van der Waals surface area contributed by atoms with Crippen LogP contribution in [0.3, 0.4) is 0 Å². The smallest absolute Gasteiger partial charge is 0.325 e. The molecule has 0 bridgehead atoms. The van der Waals surface area contributed by atoms with E-state index in [2.05, 4.69) is 25.7 Å². The average Bonchev–Trinajstić information content (AvgIpc) is 3.04. The Morgan fingerprint density at radius 2 is 2.29 bits per heavy atom. The maximum atomic E-state index is 10.6. The van der Waals surface area contributed by atoms with Crippen molar-refractivity contribution in [3.63, 3.8) is 0 Å². The van der Waals surface area contributed by atoms with Crippen LogP contribution in [-0.2, 0) is 17.9 Å². The third kappa shape index (κ3) is 2.81. The summed E-state index contributed by atoms with van der Waals surface area (Å²) in [5.41, 5.74) is 2.46. The number of aryl methyl sites for hydroxylation is 1. The van der Waals surface area contributed by atoms with Crippen LogP contribution < -0.4 is 5.32 Å². The van der Waals surface area contributed by atoms with Gasteiger partial charge in [0.05, 0.1) is 12.7 Å². The van der Waals surface area contributed by atoms with Crippen molar-refractivity contribution >= 4 is 17.4 Å². The Labute approximate surface area is 119 Å². The van der Waals surface area contributed by atoms with Crippen molar-refractivity contribution in [1.82, 2.24) is 29.6 Å². The van der Waals surface area contributed by atoms with Crippen molar-refractivity contribution in [3.8, 4) is 0 Å². The molecule has 21 heavy (non-hydrogen) atoms. The molecule has 0 amide bonds. The number of carbonyl (C=O) groups is 1. The van der Waals surface area contributed by atoms with Gasteiger partial charge in [-0.1, -0.05) is 5.21 Å². The Bertz CT molecular complexity index is 792. The van der Waals surface area contributed by atoms with Gasteiger partial charge in [-0.2, -0.15) is 9.61 Å². The maximum Gasteiger partial charge on any atom is 0.325 e. The van der Waals surface area contributed by atoms with Crippen LogP contribution in [0.25, 0.3) is 5.65 Å². The molecule has 0 fully saturated rings. The summed E-state index contributed by atoms with van der Waals surface area (Å²) < 4.78 is 2.97. The van der Waals surface area contributed by atoms with E-state index in [0.717, 1.165) is 17.0 Å². The molecule has 0 aromatic carbocycles. The summed E-state index contributed by atoms with van der Waals surface area (Å²) >= 11 is 0. The lowest BCUT2D eigenvalue weighted by atomic mass is 10.3. The molecule has 0 aliphatic heterocycles. The first-order chi connectivity index (χ1) is 10.1. The van der Waals surface area contributed by atoms with Gasteiger partial charge in [-0.25, -0.2) is 9.67 Å². The van der Waals surface area contributed by atoms with Crippen LogP contribution in [0.4, 0.5) is 5.82 Å². The summed E-state index contributed by atoms with van der Waals surface area (Å²) in [5, 5.41) is 23.7. The van der Waals surface area contributed by atoms with E-state index in [4.69, 9.17) is 5.11 Å². The van der Waals surface area contributed by atoms with Gasteiger partial charge in [0.25, 0.3) is 0 Å². The molecule has 0 saturated heterocycles. The quantitative estimate of drug-likeness (QED) is 0.695. The predicted octanol–water partition coefficient (Wildman–Crippen LogP) is 0.326. The van der Waals surface area contributed by atoms with E-state index in [1.807, 2.05) is 19.1 Å². The van der Waals surface area contributed by atoms with Crippen LogP contribution >= 0.6 is 0 Å². The van der Waals surface area contributed by atoms with Crippen LogP contribution in [0.1, 0.15) is 11.3 Å². The van der Waals surface area contributed by atoms with Crippen molar-refractivity contribution in [2.24, 2.45) is 0 Å². The number of aromatic nitrogens is 6. The third-order valence-electron chi connectivity index (χ3n) is 2.86. The molecule has 0 spiro atoms. The van der Waals surface area contributed by atoms with Crippen LogP contribution in [0.2, 0.25) is 0 Å². The van der Waals surface area contributed by atoms with Gasteiger partial charge in [0.1, 0.15) is 24.4 Å². The number of pyridine rings is 1. The monoisotopic (exact) mass is 287 g/mol. The Balaban J connectivity index is 1.75. The van der Waals surface area contributed by atoms with Crippen molar-refractivity contribution in [1.29, 1.82) is 0 Å². The highest BCUT2D eigenvalue weighted by atomic mass is 16.4. The Morgan fingerprint density at radius 1 is 1.43 bits per heavy atom. The second kappa shape index (κ2) is 5.19. The topological polar surface area (TPSA) is 110 Å². The second-order valence-corrected chi connectivity index (χ2v) is 4.60. The number of rotatable bonds is 5. The molecule has 3 aromatic heterocycles. The number of nitrogens with zero attached hydrogens (tertiary/aromatic N) is 6. The zero-order chi connectivity index (χ0) is 14.8. The molecular formula is C12H13N7O2. The number of nitrogens with one attached hydrogen (secondary N) is 1. The molecule has 0 saturated carbocycles. The highest BCUT2D eigenvalue weighted by molar-refractivity contribution is 5.66. The summed E-state index contributed by atoms with van der Waals surface area (Å²) in [5.74, 6) is -0.169. The fourth-order valence-electron chi connectivity index (χ4n) is 2.00. The second-order valence-electron chi connectivity index (χ2n) is 4.60. The predicted molar refractivity (Wildman–Crippen MR) is 72.7 cm³/mol. The molecule has 108 valence electrons. The Hall–Kier alpha value is -2.97. The van der Waals surface area contributed by atoms with Crippen molar-refractivity contribution < 1.29 is 9.90 Å². The third-order valence-corrected chi connectivity index (χ3v) is 2.86. The molecular weight excluding hydrogens is 274 g/mol. The minimum absolute atomic E-state index is 0.204. The van der Waals surface area contributed by atoms with Gasteiger partial charge in [0, 0.05) is 0 Å². The SMILES string of the molecule is Cc1cc(NCc2cn(CC(=O)O)nn2)n2ncnc2c1. The molecule has 3 aromatic rings. The molecule has 3 heterocycles. The summed E-state index contributed by atoms with van der Waals surface area (Å²) in [7, 11) is 0. The molecule has 3 rings (SSSR count). The molecule has 0 atom stereocenters. The summed E-state index contributed by atoms with van der Waals surface area (Å²) in [6, 6.07) is 3.88. The standard InChI is InChI=1S/C12H13N7O2/c1-8-2-10(19-11(3-8)14-7-15-19)13-4-9-5-18(17-16-9)6-12(20)21/h2-3,5,7,13H,4,6H2,1H3,(H,20,21). The normalized spacial score (nSPS) is 10.9. The van der Waals surface area contributed by atoms with Gasteiger partial charge in [-0.15, -0.1) is 5.10 Å². The van der Waals surface area contributed by atoms with Crippen molar-refractivity contribution in [2.75, 3.05) is 5.32 Å². The molecule has 9 heteroatoms. The van der Waals surface area contributed by atoms with Crippen molar-refractivity contribution in [3.05, 3.63) is 35.9 Å². The largest absolute Gasteiger partial charge is 0.480 e. The zero-order valence-electron chi connectivity index (χ0n) is 11.3. The summed E-state index contributed by atoms with van der Waals surface area (Å²) in [6.45, 7) is 2.19. The van der Waals surface area contributed by atoms with Gasteiger partial charge in [0.2, 0.25) is 0 Å². The number of hydrogen-bond acceptors (Lipinski definition) is 6. The molecule has 2 N–H and O–H groups in total. The molecule has 0 unspecified atom stereocenters. The molecule has 0 aliphatic rings. The van der Waals surface area contributed by atoms with Gasteiger partial charge in [-0.05, 0) is 24.6 Å². The van der Waals surface area contributed by atoms with Crippen LogP contribution in [0.5, 0.6) is 0 Å². The fourth-order valence-corrected chi connectivity index (χ4v) is 2.00. The fraction of sp³-hybridized carbons (Fsp3) is 0.250. The van der Waals surface area contributed by atoms with Crippen molar-refractivity contribution in [2.45, 2.75) is 20.0 Å². The Kier molecular flexibility index (Phi) is 3.22. The van der Waals surface area contributed by atoms with Crippen LogP contribution in [0.15, 0.2) is 24.7 Å². The van der Waals surface area contributed by atoms with E-state index in [-0.39, 0.29) is 6.54 Å². The first-order valence-corrected chi connectivity index (χ1v) is 6.27. The molecule has 9 nitrogen and oxygen atoms in total.